The summed E-state index contributed by atoms with van der Waals surface area (Å²) in [5.74, 6) is 1.31. The summed E-state index contributed by atoms with van der Waals surface area (Å²) in [6.45, 7) is 3.54. The van der Waals surface area contributed by atoms with Gasteiger partial charge in [-0.2, -0.15) is 0 Å². The summed E-state index contributed by atoms with van der Waals surface area (Å²) >= 11 is 0. The first-order chi connectivity index (χ1) is 11.7. The minimum Gasteiger partial charge on any atom is -0.497 e. The van der Waals surface area contributed by atoms with E-state index in [9.17, 15) is 4.79 Å². The molecule has 0 aliphatic carbocycles. The van der Waals surface area contributed by atoms with E-state index in [0.717, 1.165) is 37.1 Å². The van der Waals surface area contributed by atoms with Crippen LogP contribution in [-0.2, 0) is 6.42 Å². The average molecular weight is 328 g/mol. The fraction of sp³-hybridized carbons (Fsp3) is 0.389. The number of benzene rings is 1. The van der Waals surface area contributed by atoms with Gasteiger partial charge in [-0.1, -0.05) is 25.5 Å². The van der Waals surface area contributed by atoms with Crippen LogP contribution in [0.15, 0.2) is 36.7 Å². The molecule has 0 saturated carbocycles. The Hall–Kier alpha value is -2.63. The molecule has 0 aliphatic heterocycles. The third-order valence-corrected chi connectivity index (χ3v) is 3.58. The van der Waals surface area contributed by atoms with E-state index >= 15 is 0 Å². The number of unbranched alkanes of at least 4 members (excludes halogenated alkanes) is 1. The molecule has 0 aliphatic rings. The van der Waals surface area contributed by atoms with Crippen LogP contribution in [0.1, 0.15) is 35.8 Å². The van der Waals surface area contributed by atoms with Crippen LogP contribution in [0.3, 0.4) is 0 Å². The number of nitrogens with one attached hydrogen (secondary N) is 2. The van der Waals surface area contributed by atoms with Gasteiger partial charge in [-0.15, -0.1) is 0 Å². The zero-order valence-corrected chi connectivity index (χ0v) is 14.2. The van der Waals surface area contributed by atoms with Gasteiger partial charge in [-0.05, 0) is 30.5 Å². The summed E-state index contributed by atoms with van der Waals surface area (Å²) in [4.78, 5) is 20.4. The number of hydrogen-bond donors (Lipinski definition) is 2. The Morgan fingerprint density at radius 1 is 1.12 bits per heavy atom. The molecule has 6 nitrogen and oxygen atoms in total. The van der Waals surface area contributed by atoms with Crippen LogP contribution < -0.4 is 15.4 Å². The topological polar surface area (TPSA) is 76.1 Å². The summed E-state index contributed by atoms with van der Waals surface area (Å²) in [5, 5.41) is 6.02. The molecule has 2 rings (SSSR count). The Morgan fingerprint density at radius 3 is 2.54 bits per heavy atom. The predicted molar refractivity (Wildman–Crippen MR) is 94.5 cm³/mol. The number of nitrogens with zero attached hydrogens (tertiary/aromatic N) is 2. The second kappa shape index (κ2) is 9.50. The van der Waals surface area contributed by atoms with Crippen LogP contribution in [0.25, 0.3) is 0 Å². The minimum atomic E-state index is -0.212. The van der Waals surface area contributed by atoms with E-state index in [1.54, 1.807) is 13.3 Å². The van der Waals surface area contributed by atoms with Crippen LogP contribution >= 0.6 is 0 Å². The summed E-state index contributed by atoms with van der Waals surface area (Å²) in [6.07, 6.45) is 6.04. The Balaban J connectivity index is 1.77. The number of hydrogen-bond acceptors (Lipinski definition) is 5. The van der Waals surface area contributed by atoms with Crippen molar-refractivity contribution in [3.63, 3.8) is 0 Å². The first-order valence-corrected chi connectivity index (χ1v) is 8.20. The van der Waals surface area contributed by atoms with Crippen LogP contribution in [0.5, 0.6) is 5.75 Å². The number of carbonyl (C=O) groups excluding carboxylic acids is 1. The number of methoxy groups -OCH3 is 1. The van der Waals surface area contributed by atoms with Crippen LogP contribution in [0, 0.1) is 0 Å². The molecule has 0 unspecified atom stereocenters. The molecule has 1 amide bonds. The largest absolute Gasteiger partial charge is 0.497 e. The van der Waals surface area contributed by atoms with Crippen molar-refractivity contribution >= 4 is 11.7 Å². The monoisotopic (exact) mass is 328 g/mol. The number of rotatable bonds is 9. The second-order valence-electron chi connectivity index (χ2n) is 5.42. The van der Waals surface area contributed by atoms with Gasteiger partial charge in [0.1, 0.15) is 17.3 Å². The molecule has 24 heavy (non-hydrogen) atoms. The van der Waals surface area contributed by atoms with Gasteiger partial charge in [0.25, 0.3) is 5.91 Å². The number of ether oxygens (including phenoxy) is 1. The van der Waals surface area contributed by atoms with Crippen molar-refractivity contribution in [1.82, 2.24) is 15.3 Å². The van der Waals surface area contributed by atoms with Crippen LogP contribution in [-0.4, -0.2) is 36.1 Å². The van der Waals surface area contributed by atoms with Gasteiger partial charge in [-0.3, -0.25) is 4.79 Å². The molecule has 1 aromatic heterocycles. The normalized spacial score (nSPS) is 10.2. The van der Waals surface area contributed by atoms with Crippen LogP contribution in [0.2, 0.25) is 0 Å². The van der Waals surface area contributed by atoms with Gasteiger partial charge in [-0.25, -0.2) is 9.97 Å². The molecular formula is C18H24N4O2. The number of amides is 1. The Labute approximate surface area is 142 Å². The van der Waals surface area contributed by atoms with Crippen molar-refractivity contribution in [2.75, 3.05) is 25.5 Å². The minimum absolute atomic E-state index is 0.212. The molecule has 6 heteroatoms. The highest BCUT2D eigenvalue weighted by Crippen LogP contribution is 2.11. The Kier molecular flexibility index (Phi) is 7.01. The van der Waals surface area contributed by atoms with Crippen molar-refractivity contribution in [1.29, 1.82) is 0 Å². The van der Waals surface area contributed by atoms with E-state index in [1.165, 1.54) is 6.20 Å². The summed E-state index contributed by atoms with van der Waals surface area (Å²) in [6, 6.07) is 7.79. The molecule has 1 aromatic carbocycles. The lowest BCUT2D eigenvalue weighted by atomic mass is 10.1. The van der Waals surface area contributed by atoms with Gasteiger partial charge in [0.2, 0.25) is 0 Å². The number of carbonyl (C=O) groups is 1. The molecule has 0 bridgehead atoms. The maximum absolute atomic E-state index is 12.1. The van der Waals surface area contributed by atoms with E-state index in [2.05, 4.69) is 27.5 Å². The van der Waals surface area contributed by atoms with Crippen molar-refractivity contribution in [3.8, 4) is 5.75 Å². The lowest BCUT2D eigenvalue weighted by Crippen LogP contribution is -2.26. The highest BCUT2D eigenvalue weighted by Gasteiger charge is 2.07. The van der Waals surface area contributed by atoms with E-state index in [1.807, 2.05) is 24.3 Å². The van der Waals surface area contributed by atoms with Crippen molar-refractivity contribution in [2.24, 2.45) is 0 Å². The zero-order valence-electron chi connectivity index (χ0n) is 14.2. The zero-order chi connectivity index (χ0) is 17.2. The molecule has 0 radical (unpaired) electrons. The van der Waals surface area contributed by atoms with Gasteiger partial charge in [0, 0.05) is 13.1 Å². The fourth-order valence-corrected chi connectivity index (χ4v) is 2.13. The van der Waals surface area contributed by atoms with Crippen LogP contribution in [0.4, 0.5) is 5.82 Å². The van der Waals surface area contributed by atoms with Gasteiger partial charge in [0.05, 0.1) is 19.5 Å². The molecule has 128 valence electrons. The average Bonchev–Trinajstić information content (AvgIpc) is 2.63. The van der Waals surface area contributed by atoms with Gasteiger partial charge < -0.3 is 15.4 Å². The lowest BCUT2D eigenvalue weighted by Gasteiger charge is -2.07. The molecule has 2 N–H and O–H groups in total. The quantitative estimate of drug-likeness (QED) is 0.692. The summed E-state index contributed by atoms with van der Waals surface area (Å²) in [7, 11) is 1.64. The molecule has 1 heterocycles. The number of anilines is 1. The molecule has 0 fully saturated rings. The lowest BCUT2D eigenvalue weighted by molar-refractivity contribution is 0.0949. The van der Waals surface area contributed by atoms with E-state index in [0.29, 0.717) is 18.1 Å². The first-order valence-electron chi connectivity index (χ1n) is 8.20. The summed E-state index contributed by atoms with van der Waals surface area (Å²) in [5.41, 5.74) is 1.46. The third-order valence-electron chi connectivity index (χ3n) is 3.58. The van der Waals surface area contributed by atoms with Gasteiger partial charge >= 0.3 is 0 Å². The molecule has 0 spiro atoms. The van der Waals surface area contributed by atoms with Gasteiger partial charge in [0.15, 0.2) is 0 Å². The van der Waals surface area contributed by atoms with Crippen molar-refractivity contribution in [2.45, 2.75) is 26.2 Å². The molecular weight excluding hydrogens is 304 g/mol. The predicted octanol–water partition coefficient (Wildman–Crippen LogP) is 2.67. The highest BCUT2D eigenvalue weighted by molar-refractivity contribution is 5.91. The Bertz CT molecular complexity index is 626. The van der Waals surface area contributed by atoms with Crippen molar-refractivity contribution in [3.05, 3.63) is 47.9 Å². The van der Waals surface area contributed by atoms with Crippen molar-refractivity contribution < 1.29 is 9.53 Å². The van der Waals surface area contributed by atoms with E-state index in [-0.39, 0.29) is 5.91 Å². The smallest absolute Gasteiger partial charge is 0.271 e. The van der Waals surface area contributed by atoms with E-state index < -0.39 is 0 Å². The SMILES string of the molecule is CCCCNc1cnc(C(=O)NCCc2ccc(OC)cc2)cn1. The highest BCUT2D eigenvalue weighted by atomic mass is 16.5. The number of aromatic nitrogens is 2. The summed E-state index contributed by atoms with van der Waals surface area (Å²) < 4.78 is 5.12. The molecule has 2 aromatic rings. The van der Waals surface area contributed by atoms with E-state index in [4.69, 9.17) is 4.74 Å². The first kappa shape index (κ1) is 17.7. The third kappa shape index (κ3) is 5.53. The maximum Gasteiger partial charge on any atom is 0.271 e. The standard InChI is InChI=1S/C18H24N4O2/c1-3-4-10-19-17-13-21-16(12-22-17)18(23)20-11-9-14-5-7-15(24-2)8-6-14/h5-8,12-13H,3-4,9-11H2,1-2H3,(H,19,22)(H,20,23). The fourth-order valence-electron chi connectivity index (χ4n) is 2.13. The molecule has 0 saturated heterocycles. The maximum atomic E-state index is 12.1. The second-order valence-corrected chi connectivity index (χ2v) is 5.42. The Morgan fingerprint density at radius 2 is 1.92 bits per heavy atom. The molecule has 0 atom stereocenters.